The molecule has 314 valence electrons. The molecular formula is C45H47N9O7. The molecule has 16 heteroatoms. The zero-order valence-corrected chi connectivity index (χ0v) is 34.0. The molecule has 4 aliphatic heterocycles. The Balaban J connectivity index is 0.630. The Bertz CT molecular complexity index is 2500. The van der Waals surface area contributed by atoms with Gasteiger partial charge in [0.25, 0.3) is 17.7 Å². The van der Waals surface area contributed by atoms with Gasteiger partial charge < -0.3 is 23.8 Å². The van der Waals surface area contributed by atoms with E-state index in [9.17, 15) is 19.2 Å². The van der Waals surface area contributed by atoms with Crippen LogP contribution in [0.4, 0.5) is 5.69 Å². The molecule has 7 heterocycles. The fourth-order valence-corrected chi connectivity index (χ4v) is 9.05. The Labute approximate surface area is 352 Å². The molecule has 1 aliphatic carbocycles. The van der Waals surface area contributed by atoms with Crippen molar-refractivity contribution < 1.29 is 33.2 Å². The molecule has 10 rings (SSSR count). The molecule has 1 N–H and O–H groups in total. The molecule has 2 aromatic carbocycles. The van der Waals surface area contributed by atoms with E-state index in [1.54, 1.807) is 18.3 Å². The van der Waals surface area contributed by atoms with Crippen molar-refractivity contribution in [3.8, 4) is 28.7 Å². The summed E-state index contributed by atoms with van der Waals surface area (Å²) in [6.07, 6.45) is 6.45. The van der Waals surface area contributed by atoms with Gasteiger partial charge in [-0.2, -0.15) is 4.98 Å². The average Bonchev–Trinajstić information content (AvgIpc) is 3.85. The van der Waals surface area contributed by atoms with Crippen LogP contribution in [0.2, 0.25) is 0 Å². The van der Waals surface area contributed by atoms with Crippen molar-refractivity contribution in [2.75, 3.05) is 57.3 Å². The largest absolute Gasteiger partial charge is 0.490 e. The number of aryl methyl sites for hydroxylation is 1. The number of amides is 4. The summed E-state index contributed by atoms with van der Waals surface area (Å²) in [4.78, 5) is 72.3. The molecule has 5 aliphatic rings. The highest BCUT2D eigenvalue weighted by atomic mass is 16.5. The van der Waals surface area contributed by atoms with Crippen molar-refractivity contribution in [3.63, 3.8) is 0 Å². The van der Waals surface area contributed by atoms with Crippen molar-refractivity contribution in [2.24, 2.45) is 0 Å². The quantitative estimate of drug-likeness (QED) is 0.187. The van der Waals surface area contributed by atoms with Gasteiger partial charge in [-0.3, -0.25) is 39.3 Å². The van der Waals surface area contributed by atoms with E-state index >= 15 is 0 Å². The first kappa shape index (κ1) is 39.1. The average molecular weight is 826 g/mol. The lowest BCUT2D eigenvalue weighted by Gasteiger charge is -2.40. The topological polar surface area (TPSA) is 176 Å². The van der Waals surface area contributed by atoms with E-state index in [4.69, 9.17) is 19.0 Å². The van der Waals surface area contributed by atoms with Gasteiger partial charge >= 0.3 is 0 Å². The summed E-state index contributed by atoms with van der Waals surface area (Å²) < 4.78 is 18.3. The van der Waals surface area contributed by atoms with Crippen LogP contribution in [-0.4, -0.2) is 135 Å². The number of fused-ring (bicyclic) bond motifs is 2. The second-order valence-corrected chi connectivity index (χ2v) is 16.7. The first-order chi connectivity index (χ1) is 29.7. The van der Waals surface area contributed by atoms with E-state index < -0.39 is 23.8 Å². The minimum atomic E-state index is -0.964. The third-order valence-corrected chi connectivity index (χ3v) is 12.6. The lowest BCUT2D eigenvalue weighted by atomic mass is 9.91. The van der Waals surface area contributed by atoms with Gasteiger partial charge in [0.2, 0.25) is 17.6 Å². The van der Waals surface area contributed by atoms with Crippen molar-refractivity contribution in [1.29, 1.82) is 0 Å². The second kappa shape index (κ2) is 16.4. The van der Waals surface area contributed by atoms with E-state index in [2.05, 4.69) is 35.1 Å². The van der Waals surface area contributed by atoms with Crippen LogP contribution in [0.25, 0.3) is 33.9 Å². The van der Waals surface area contributed by atoms with Gasteiger partial charge in [0.1, 0.15) is 23.6 Å². The lowest BCUT2D eigenvalue weighted by molar-refractivity contribution is -0.136. The van der Waals surface area contributed by atoms with Crippen molar-refractivity contribution in [1.82, 2.24) is 40.1 Å². The number of hydrogen-bond donors (Lipinski definition) is 1. The first-order valence-corrected chi connectivity index (χ1v) is 21.3. The number of nitrogens with zero attached hydrogens (tertiary/aromatic N) is 8. The van der Waals surface area contributed by atoms with Gasteiger partial charge in [-0.1, -0.05) is 11.2 Å². The van der Waals surface area contributed by atoms with E-state index in [0.29, 0.717) is 28.5 Å². The number of likely N-dealkylation sites (tertiary alicyclic amines) is 1. The highest BCUT2D eigenvalue weighted by Crippen LogP contribution is 2.34. The molecule has 4 amide bonds. The normalized spacial score (nSPS) is 22.7. The number of nitrogens with one attached hydrogen (secondary N) is 1. The van der Waals surface area contributed by atoms with Crippen molar-refractivity contribution in [2.45, 2.75) is 69.8 Å². The SMILES string of the molecule is Cc1cc(-c2nc(-c3ccc4cc(OC5CC(OC6CCN(CCN7CCN(c8ccc9c(c8)C(=O)N(C8CCC(=O)NC8=O)C9=O)CC7)CC6)C5)ccc4n3)no2)ccn1. The van der Waals surface area contributed by atoms with Gasteiger partial charge in [-0.15, -0.1) is 0 Å². The summed E-state index contributed by atoms with van der Waals surface area (Å²) in [6.45, 7) is 9.44. The Morgan fingerprint density at radius 1 is 0.770 bits per heavy atom. The number of ether oxygens (including phenoxy) is 2. The zero-order valence-electron chi connectivity index (χ0n) is 34.0. The minimum Gasteiger partial charge on any atom is -0.490 e. The molecule has 3 saturated heterocycles. The Morgan fingerprint density at radius 2 is 1.56 bits per heavy atom. The standard InChI is InChI=1S/C45H47N9O7/c1-27-22-29(10-13-46-27)43-49-41(50-61-43)38-6-2-28-23-32(4-7-37(28)47-38)60-34-25-33(26-34)59-31-11-14-51(15-12-31)16-17-52-18-20-53(21-19-52)30-3-5-35-36(24-30)45(58)54(44(35)57)39-8-9-40(55)48-42(39)56/h2-7,10,13,22-24,31,33-34,39H,8-9,11-12,14-21,25-26H2,1H3,(H,48,55,56). The molecule has 0 radical (unpaired) electrons. The van der Waals surface area contributed by atoms with Gasteiger partial charge in [0, 0.05) is 100 Å². The smallest absolute Gasteiger partial charge is 0.262 e. The molecule has 5 aromatic rings. The van der Waals surface area contributed by atoms with Crippen molar-refractivity contribution >= 4 is 40.2 Å². The molecule has 1 unspecified atom stereocenters. The third kappa shape index (κ3) is 8.10. The monoisotopic (exact) mass is 825 g/mol. The molecule has 16 nitrogen and oxygen atoms in total. The summed E-state index contributed by atoms with van der Waals surface area (Å²) in [6, 6.07) is 18.0. The van der Waals surface area contributed by atoms with Crippen LogP contribution in [0.3, 0.4) is 0 Å². The van der Waals surface area contributed by atoms with Crippen LogP contribution in [0.5, 0.6) is 5.75 Å². The van der Waals surface area contributed by atoms with Gasteiger partial charge in [0.05, 0.1) is 28.9 Å². The van der Waals surface area contributed by atoms with E-state index in [1.807, 2.05) is 55.5 Å². The molecule has 0 bridgehead atoms. The number of anilines is 1. The summed E-state index contributed by atoms with van der Waals surface area (Å²) in [7, 11) is 0. The molecule has 4 fully saturated rings. The number of rotatable bonds is 11. The number of imide groups is 2. The van der Waals surface area contributed by atoms with Crippen LogP contribution in [0.15, 0.2) is 71.4 Å². The van der Waals surface area contributed by atoms with E-state index in [1.165, 1.54) is 0 Å². The van der Waals surface area contributed by atoms with Crippen molar-refractivity contribution in [3.05, 3.63) is 83.7 Å². The number of pyridine rings is 2. The number of piperidine rings is 2. The van der Waals surface area contributed by atoms with E-state index in [-0.39, 0.29) is 37.1 Å². The van der Waals surface area contributed by atoms with Crippen LogP contribution in [0, 0.1) is 6.92 Å². The van der Waals surface area contributed by atoms with Crippen LogP contribution in [0.1, 0.15) is 64.9 Å². The Morgan fingerprint density at radius 3 is 2.34 bits per heavy atom. The zero-order chi connectivity index (χ0) is 41.6. The second-order valence-electron chi connectivity index (χ2n) is 16.7. The minimum absolute atomic E-state index is 0.0990. The molecular weight excluding hydrogens is 779 g/mol. The van der Waals surface area contributed by atoms with Crippen LogP contribution in [-0.2, 0) is 14.3 Å². The maximum Gasteiger partial charge on any atom is 0.262 e. The van der Waals surface area contributed by atoms with Crippen LogP contribution < -0.4 is 15.0 Å². The molecule has 0 spiro atoms. The lowest BCUT2D eigenvalue weighted by Crippen LogP contribution is -2.54. The van der Waals surface area contributed by atoms with Crippen LogP contribution >= 0.6 is 0 Å². The fourth-order valence-electron chi connectivity index (χ4n) is 9.05. The van der Waals surface area contributed by atoms with Gasteiger partial charge in [-0.25, -0.2) is 4.98 Å². The van der Waals surface area contributed by atoms with Gasteiger partial charge in [0.15, 0.2) is 0 Å². The van der Waals surface area contributed by atoms with Gasteiger partial charge in [-0.05, 0) is 80.8 Å². The number of hydrogen-bond acceptors (Lipinski definition) is 14. The summed E-state index contributed by atoms with van der Waals surface area (Å²) in [5.74, 6) is -0.249. The Hall–Kier alpha value is -6.10. The maximum absolute atomic E-state index is 13.3. The highest BCUT2D eigenvalue weighted by Gasteiger charge is 2.45. The third-order valence-electron chi connectivity index (χ3n) is 12.6. The number of carbonyl (C=O) groups is 4. The first-order valence-electron chi connectivity index (χ1n) is 21.3. The highest BCUT2D eigenvalue weighted by molar-refractivity contribution is 6.23. The summed E-state index contributed by atoms with van der Waals surface area (Å²) >= 11 is 0. The molecule has 61 heavy (non-hydrogen) atoms. The predicted molar refractivity (Wildman–Crippen MR) is 223 cm³/mol. The fraction of sp³-hybridized carbons (Fsp3) is 0.422. The number of benzene rings is 2. The summed E-state index contributed by atoms with van der Waals surface area (Å²) in [5, 5.41) is 7.38. The predicted octanol–water partition coefficient (Wildman–Crippen LogP) is 4.27. The summed E-state index contributed by atoms with van der Waals surface area (Å²) in [5.41, 5.74) is 4.68. The number of aromatic nitrogens is 4. The molecule has 1 atom stereocenters. The maximum atomic E-state index is 13.3. The van der Waals surface area contributed by atoms with E-state index in [0.717, 1.165) is 117 Å². The number of piperazine rings is 1. The number of carbonyl (C=O) groups excluding carboxylic acids is 4. The molecule has 1 saturated carbocycles. The molecule has 3 aromatic heterocycles. The Kier molecular flexibility index (Phi) is 10.5.